The van der Waals surface area contributed by atoms with Gasteiger partial charge in [0, 0.05) is 23.5 Å². The Morgan fingerprint density at radius 3 is 2.74 bits per heavy atom. The predicted molar refractivity (Wildman–Crippen MR) is 96.0 cm³/mol. The van der Waals surface area contributed by atoms with Crippen molar-refractivity contribution >= 4 is 22.9 Å². The molecule has 1 aromatic rings. The first-order valence-electron chi connectivity index (χ1n) is 8.69. The van der Waals surface area contributed by atoms with Crippen LogP contribution >= 0.6 is 11.3 Å². The van der Waals surface area contributed by atoms with Crippen molar-refractivity contribution in [2.75, 3.05) is 27.2 Å². The van der Waals surface area contributed by atoms with Crippen LogP contribution in [-0.4, -0.2) is 38.1 Å². The van der Waals surface area contributed by atoms with Crippen LogP contribution in [0.1, 0.15) is 58.6 Å². The minimum atomic E-state index is -0.187. The number of likely N-dealkylation sites (N-methyl/N-ethyl adjacent to an activating group) is 1. The largest absolute Gasteiger partial charge is 0.465 e. The van der Waals surface area contributed by atoms with E-state index < -0.39 is 0 Å². The fourth-order valence-electron chi connectivity index (χ4n) is 4.05. The second kappa shape index (κ2) is 7.18. The van der Waals surface area contributed by atoms with Crippen molar-refractivity contribution in [1.29, 1.82) is 0 Å². The number of methoxy groups -OCH3 is 1. The number of hydrogen-bond donors (Lipinski definition) is 0. The molecule has 0 saturated heterocycles. The summed E-state index contributed by atoms with van der Waals surface area (Å²) in [6.45, 7) is 4.20. The van der Waals surface area contributed by atoms with Gasteiger partial charge in [0.2, 0.25) is 0 Å². The van der Waals surface area contributed by atoms with E-state index in [1.54, 1.807) is 16.9 Å². The Bertz CT molecular complexity index is 611. The van der Waals surface area contributed by atoms with Gasteiger partial charge in [0.1, 0.15) is 4.88 Å². The third-order valence-corrected chi connectivity index (χ3v) is 6.25. The Morgan fingerprint density at radius 1 is 1.30 bits per heavy atom. The van der Waals surface area contributed by atoms with Crippen LogP contribution in [0.5, 0.6) is 0 Å². The molecule has 0 atom stereocenters. The normalized spacial score (nSPS) is 20.8. The molecule has 0 unspecified atom stereocenters. The standard InChI is InChI=1S/C19H27NO2S/c1-13-11-16(18(23-13)19(21)22-3)15-9-10-20(2)12-17(15)14-7-5-4-6-8-14/h11,14H,4-10,12H2,1-3H3. The van der Waals surface area contributed by atoms with E-state index in [-0.39, 0.29) is 5.97 Å². The zero-order chi connectivity index (χ0) is 16.4. The number of aryl methyl sites for hydroxylation is 1. The molecule has 3 nitrogen and oxygen atoms in total. The van der Waals surface area contributed by atoms with Crippen molar-refractivity contribution < 1.29 is 9.53 Å². The molecule has 23 heavy (non-hydrogen) atoms. The number of hydrogen-bond acceptors (Lipinski definition) is 4. The van der Waals surface area contributed by atoms with E-state index in [0.717, 1.165) is 30.0 Å². The summed E-state index contributed by atoms with van der Waals surface area (Å²) in [4.78, 5) is 16.6. The zero-order valence-corrected chi connectivity index (χ0v) is 15.3. The number of rotatable bonds is 3. The Morgan fingerprint density at radius 2 is 2.04 bits per heavy atom. The molecular formula is C19H27NO2S. The fourth-order valence-corrected chi connectivity index (χ4v) is 5.00. The molecule has 1 aliphatic heterocycles. The Balaban J connectivity index is 2.04. The number of esters is 1. The van der Waals surface area contributed by atoms with Gasteiger partial charge in [-0.15, -0.1) is 11.3 Å². The number of ether oxygens (including phenoxy) is 1. The molecule has 0 aromatic carbocycles. The topological polar surface area (TPSA) is 29.5 Å². The van der Waals surface area contributed by atoms with E-state index in [0.29, 0.717) is 5.92 Å². The SMILES string of the molecule is COC(=O)c1sc(C)cc1C1=C(C2CCCCC2)CN(C)CC1. The Kier molecular flexibility index (Phi) is 5.22. The lowest BCUT2D eigenvalue weighted by atomic mass is 9.78. The first kappa shape index (κ1) is 16.7. The molecule has 0 amide bonds. The Labute approximate surface area is 143 Å². The van der Waals surface area contributed by atoms with Crippen molar-refractivity contribution in [1.82, 2.24) is 4.90 Å². The molecular weight excluding hydrogens is 306 g/mol. The van der Waals surface area contributed by atoms with E-state index in [1.807, 2.05) is 0 Å². The highest BCUT2D eigenvalue weighted by molar-refractivity contribution is 7.14. The Hall–Kier alpha value is -1.13. The second-order valence-electron chi connectivity index (χ2n) is 6.92. The quantitative estimate of drug-likeness (QED) is 0.762. The molecule has 1 aliphatic carbocycles. The van der Waals surface area contributed by atoms with Crippen LogP contribution in [0.3, 0.4) is 0 Å². The van der Waals surface area contributed by atoms with Gasteiger partial charge in [-0.2, -0.15) is 0 Å². The van der Waals surface area contributed by atoms with Gasteiger partial charge in [0.25, 0.3) is 0 Å². The van der Waals surface area contributed by atoms with Gasteiger partial charge < -0.3 is 9.64 Å². The molecule has 0 radical (unpaired) electrons. The average molecular weight is 333 g/mol. The molecule has 0 bridgehead atoms. The van der Waals surface area contributed by atoms with E-state index in [4.69, 9.17) is 4.74 Å². The summed E-state index contributed by atoms with van der Waals surface area (Å²) in [5.74, 6) is 0.514. The summed E-state index contributed by atoms with van der Waals surface area (Å²) < 4.78 is 5.02. The van der Waals surface area contributed by atoms with Crippen molar-refractivity contribution in [3.8, 4) is 0 Å². The molecule has 3 rings (SSSR count). The lowest BCUT2D eigenvalue weighted by Gasteiger charge is -2.34. The number of nitrogens with zero attached hydrogens (tertiary/aromatic N) is 1. The average Bonchev–Trinajstić information content (AvgIpc) is 2.96. The monoisotopic (exact) mass is 333 g/mol. The van der Waals surface area contributed by atoms with Gasteiger partial charge >= 0.3 is 5.97 Å². The highest BCUT2D eigenvalue weighted by Crippen LogP contribution is 2.40. The summed E-state index contributed by atoms with van der Waals surface area (Å²) in [7, 11) is 3.69. The first-order valence-corrected chi connectivity index (χ1v) is 9.51. The maximum absolute atomic E-state index is 12.2. The van der Waals surface area contributed by atoms with Gasteiger partial charge in [-0.25, -0.2) is 4.79 Å². The first-order chi connectivity index (χ1) is 11.1. The van der Waals surface area contributed by atoms with Gasteiger partial charge in [-0.05, 0) is 56.4 Å². The second-order valence-corrected chi connectivity index (χ2v) is 8.17. The van der Waals surface area contributed by atoms with Gasteiger partial charge in [0.05, 0.1) is 7.11 Å². The number of carbonyl (C=O) groups is 1. The molecule has 126 valence electrons. The summed E-state index contributed by atoms with van der Waals surface area (Å²) in [5, 5.41) is 0. The summed E-state index contributed by atoms with van der Waals surface area (Å²) in [6.07, 6.45) is 7.73. The lowest BCUT2D eigenvalue weighted by Crippen LogP contribution is -2.31. The predicted octanol–water partition coefficient (Wildman–Crippen LogP) is 4.51. The molecule has 1 aromatic heterocycles. The highest BCUT2D eigenvalue weighted by atomic mass is 32.1. The van der Waals surface area contributed by atoms with Crippen molar-refractivity contribution in [2.45, 2.75) is 45.4 Å². The van der Waals surface area contributed by atoms with Gasteiger partial charge in [-0.1, -0.05) is 19.3 Å². The fraction of sp³-hybridized carbons (Fsp3) is 0.632. The van der Waals surface area contributed by atoms with Crippen molar-refractivity contribution in [3.63, 3.8) is 0 Å². The minimum Gasteiger partial charge on any atom is -0.465 e. The molecule has 2 aliphatic rings. The highest BCUT2D eigenvalue weighted by Gasteiger charge is 2.28. The lowest BCUT2D eigenvalue weighted by molar-refractivity contribution is 0.0606. The molecule has 0 spiro atoms. The van der Waals surface area contributed by atoms with Crippen molar-refractivity contribution in [3.05, 3.63) is 27.0 Å². The summed E-state index contributed by atoms with van der Waals surface area (Å²) in [6, 6.07) is 2.19. The molecule has 1 saturated carbocycles. The van der Waals surface area contributed by atoms with Crippen LogP contribution in [-0.2, 0) is 4.74 Å². The summed E-state index contributed by atoms with van der Waals surface area (Å²) >= 11 is 1.57. The summed E-state index contributed by atoms with van der Waals surface area (Å²) in [5.41, 5.74) is 4.16. The molecule has 0 N–H and O–H groups in total. The zero-order valence-electron chi connectivity index (χ0n) is 14.5. The number of thiophene rings is 1. The van der Waals surface area contributed by atoms with E-state index in [2.05, 4.69) is 24.9 Å². The van der Waals surface area contributed by atoms with Gasteiger partial charge in [0.15, 0.2) is 0 Å². The van der Waals surface area contributed by atoms with E-state index in [1.165, 1.54) is 49.7 Å². The van der Waals surface area contributed by atoms with E-state index in [9.17, 15) is 4.79 Å². The van der Waals surface area contributed by atoms with Crippen LogP contribution in [0.4, 0.5) is 0 Å². The van der Waals surface area contributed by atoms with Crippen LogP contribution in [0.2, 0.25) is 0 Å². The third-order valence-electron chi connectivity index (χ3n) is 5.22. The smallest absolute Gasteiger partial charge is 0.348 e. The maximum atomic E-state index is 12.2. The number of carbonyl (C=O) groups excluding carboxylic acids is 1. The third kappa shape index (κ3) is 3.53. The minimum absolute atomic E-state index is 0.187. The van der Waals surface area contributed by atoms with Crippen molar-refractivity contribution in [2.24, 2.45) is 5.92 Å². The van der Waals surface area contributed by atoms with Gasteiger partial charge in [-0.3, -0.25) is 0 Å². The van der Waals surface area contributed by atoms with Crippen LogP contribution in [0.25, 0.3) is 5.57 Å². The maximum Gasteiger partial charge on any atom is 0.348 e. The molecule has 2 heterocycles. The molecule has 4 heteroatoms. The van der Waals surface area contributed by atoms with Crippen LogP contribution < -0.4 is 0 Å². The van der Waals surface area contributed by atoms with Crippen LogP contribution in [0.15, 0.2) is 11.6 Å². The van der Waals surface area contributed by atoms with E-state index >= 15 is 0 Å². The van der Waals surface area contributed by atoms with Crippen LogP contribution in [0, 0.1) is 12.8 Å². The molecule has 1 fully saturated rings.